The highest BCUT2D eigenvalue weighted by atomic mass is 16.5. The second-order valence-electron chi connectivity index (χ2n) is 4.46. The Kier molecular flexibility index (Phi) is 3.08. The molecule has 2 N–H and O–H groups in total. The minimum atomic E-state index is 0.0966. The minimum Gasteiger partial charge on any atom is -0.372 e. The molecule has 0 bridgehead atoms. The molecule has 2 nitrogen and oxygen atoms in total. The van der Waals surface area contributed by atoms with Gasteiger partial charge in [-0.3, -0.25) is 0 Å². The lowest BCUT2D eigenvalue weighted by Gasteiger charge is -2.30. The third-order valence-electron chi connectivity index (χ3n) is 3.10. The van der Waals surface area contributed by atoms with E-state index in [0.717, 1.165) is 19.4 Å². The number of rotatable bonds is 1. The molecule has 0 spiro atoms. The second kappa shape index (κ2) is 4.33. The van der Waals surface area contributed by atoms with Crippen molar-refractivity contribution in [2.75, 3.05) is 6.61 Å². The summed E-state index contributed by atoms with van der Waals surface area (Å²) in [7, 11) is 0. The Balaban J connectivity index is 2.27. The molecule has 0 radical (unpaired) electrons. The zero-order valence-corrected chi connectivity index (χ0v) is 9.49. The number of nitrogens with two attached hydrogens (primary N) is 1. The van der Waals surface area contributed by atoms with Crippen molar-refractivity contribution in [3.63, 3.8) is 0 Å². The molecule has 2 heteroatoms. The van der Waals surface area contributed by atoms with Crippen LogP contribution in [0.3, 0.4) is 0 Å². The van der Waals surface area contributed by atoms with Crippen molar-refractivity contribution in [1.29, 1.82) is 0 Å². The Morgan fingerprint density at radius 3 is 2.80 bits per heavy atom. The van der Waals surface area contributed by atoms with Gasteiger partial charge in [-0.05, 0) is 37.8 Å². The lowest BCUT2D eigenvalue weighted by atomic mass is 9.93. The molecule has 0 saturated carbocycles. The topological polar surface area (TPSA) is 35.2 Å². The molecule has 1 aromatic carbocycles. The van der Waals surface area contributed by atoms with Crippen molar-refractivity contribution in [1.82, 2.24) is 0 Å². The first-order valence-corrected chi connectivity index (χ1v) is 5.63. The first-order valence-electron chi connectivity index (χ1n) is 5.63. The molecule has 1 aliphatic rings. The first-order chi connectivity index (χ1) is 7.18. The Bertz CT molecular complexity index is 348. The fourth-order valence-corrected chi connectivity index (χ4v) is 2.27. The van der Waals surface area contributed by atoms with Gasteiger partial charge in [0.25, 0.3) is 0 Å². The van der Waals surface area contributed by atoms with Crippen LogP contribution in [0.25, 0.3) is 0 Å². The van der Waals surface area contributed by atoms with Crippen LogP contribution in [0.15, 0.2) is 18.2 Å². The predicted molar refractivity (Wildman–Crippen MR) is 61.8 cm³/mol. The van der Waals surface area contributed by atoms with E-state index in [1.165, 1.54) is 16.7 Å². The fraction of sp³-hybridized carbons (Fsp3) is 0.538. The molecule has 0 aromatic heterocycles. The zero-order valence-electron chi connectivity index (χ0n) is 9.49. The molecular weight excluding hydrogens is 186 g/mol. The van der Waals surface area contributed by atoms with E-state index in [2.05, 4.69) is 32.0 Å². The molecule has 0 amide bonds. The Morgan fingerprint density at radius 2 is 2.13 bits per heavy atom. The quantitative estimate of drug-likeness (QED) is 0.764. The Labute approximate surface area is 91.4 Å². The van der Waals surface area contributed by atoms with E-state index >= 15 is 0 Å². The van der Waals surface area contributed by atoms with Crippen molar-refractivity contribution in [2.45, 2.75) is 38.8 Å². The van der Waals surface area contributed by atoms with Crippen molar-refractivity contribution in [3.8, 4) is 0 Å². The third kappa shape index (κ3) is 2.21. The number of hydrogen-bond acceptors (Lipinski definition) is 2. The normalized spacial score (nSPS) is 26.6. The summed E-state index contributed by atoms with van der Waals surface area (Å²) in [6.45, 7) is 5.08. The van der Waals surface area contributed by atoms with Gasteiger partial charge in [0, 0.05) is 12.6 Å². The molecule has 1 heterocycles. The smallest absolute Gasteiger partial charge is 0.0978 e. The summed E-state index contributed by atoms with van der Waals surface area (Å²) < 4.78 is 5.77. The maximum atomic E-state index is 6.09. The first kappa shape index (κ1) is 10.7. The van der Waals surface area contributed by atoms with Crippen LogP contribution in [0, 0.1) is 13.8 Å². The van der Waals surface area contributed by atoms with E-state index in [-0.39, 0.29) is 12.1 Å². The van der Waals surface area contributed by atoms with Gasteiger partial charge in [0.1, 0.15) is 0 Å². The van der Waals surface area contributed by atoms with E-state index in [4.69, 9.17) is 10.5 Å². The molecular formula is C13H19NO. The van der Waals surface area contributed by atoms with E-state index in [9.17, 15) is 0 Å². The molecule has 1 fully saturated rings. The summed E-state index contributed by atoms with van der Waals surface area (Å²) in [4.78, 5) is 0. The zero-order chi connectivity index (χ0) is 10.8. The highest BCUT2D eigenvalue weighted by molar-refractivity contribution is 5.33. The predicted octanol–water partition coefficient (Wildman–Crippen LogP) is 2.48. The monoisotopic (exact) mass is 205 g/mol. The highest BCUT2D eigenvalue weighted by Gasteiger charge is 2.25. The molecule has 1 saturated heterocycles. The number of benzene rings is 1. The van der Waals surface area contributed by atoms with E-state index < -0.39 is 0 Å². The average molecular weight is 205 g/mol. The summed E-state index contributed by atoms with van der Waals surface area (Å²) in [5.41, 5.74) is 9.93. The van der Waals surface area contributed by atoms with E-state index in [1.807, 2.05) is 0 Å². The van der Waals surface area contributed by atoms with Crippen LogP contribution in [-0.2, 0) is 4.74 Å². The van der Waals surface area contributed by atoms with Crippen LogP contribution in [0.5, 0.6) is 0 Å². The van der Waals surface area contributed by atoms with Gasteiger partial charge in [-0.2, -0.15) is 0 Å². The van der Waals surface area contributed by atoms with Gasteiger partial charge < -0.3 is 10.5 Å². The maximum Gasteiger partial charge on any atom is 0.0978 e. The molecule has 15 heavy (non-hydrogen) atoms. The van der Waals surface area contributed by atoms with Gasteiger partial charge in [0.05, 0.1) is 6.10 Å². The molecule has 2 atom stereocenters. The number of aryl methyl sites for hydroxylation is 2. The lowest BCUT2D eigenvalue weighted by Crippen LogP contribution is -2.34. The van der Waals surface area contributed by atoms with Gasteiger partial charge in [-0.1, -0.05) is 23.8 Å². The van der Waals surface area contributed by atoms with Crippen molar-refractivity contribution in [3.05, 3.63) is 34.9 Å². The van der Waals surface area contributed by atoms with Crippen LogP contribution >= 0.6 is 0 Å². The molecule has 82 valence electrons. The number of ether oxygens (including phenoxy) is 1. The standard InChI is InChI=1S/C13H19NO/c1-9-5-6-11(10(2)8-9)13-12(14)4-3-7-15-13/h5-6,8,12-13H,3-4,7,14H2,1-2H3. The van der Waals surface area contributed by atoms with Crippen molar-refractivity contribution < 1.29 is 4.74 Å². The van der Waals surface area contributed by atoms with Crippen molar-refractivity contribution >= 4 is 0 Å². The molecule has 1 aromatic rings. The van der Waals surface area contributed by atoms with E-state index in [0.29, 0.717) is 0 Å². The van der Waals surface area contributed by atoms with Gasteiger partial charge in [0.2, 0.25) is 0 Å². The second-order valence-corrected chi connectivity index (χ2v) is 4.46. The summed E-state index contributed by atoms with van der Waals surface area (Å²) in [6.07, 6.45) is 2.25. The van der Waals surface area contributed by atoms with Crippen LogP contribution in [0.4, 0.5) is 0 Å². The highest BCUT2D eigenvalue weighted by Crippen LogP contribution is 2.29. The molecule has 2 unspecified atom stereocenters. The fourth-order valence-electron chi connectivity index (χ4n) is 2.27. The Morgan fingerprint density at radius 1 is 1.33 bits per heavy atom. The molecule has 1 aliphatic heterocycles. The lowest BCUT2D eigenvalue weighted by molar-refractivity contribution is -0.000218. The summed E-state index contributed by atoms with van der Waals surface area (Å²) in [5, 5.41) is 0. The van der Waals surface area contributed by atoms with Crippen molar-refractivity contribution in [2.24, 2.45) is 5.73 Å². The van der Waals surface area contributed by atoms with Gasteiger partial charge in [0.15, 0.2) is 0 Å². The number of hydrogen-bond donors (Lipinski definition) is 1. The average Bonchev–Trinajstić information content (AvgIpc) is 2.20. The molecule has 2 rings (SSSR count). The van der Waals surface area contributed by atoms with Gasteiger partial charge in [-0.15, -0.1) is 0 Å². The largest absolute Gasteiger partial charge is 0.372 e. The summed E-state index contributed by atoms with van der Waals surface area (Å²) in [5.74, 6) is 0. The summed E-state index contributed by atoms with van der Waals surface area (Å²) >= 11 is 0. The van der Waals surface area contributed by atoms with Crippen LogP contribution < -0.4 is 5.73 Å². The third-order valence-corrected chi connectivity index (χ3v) is 3.10. The van der Waals surface area contributed by atoms with Crippen LogP contribution in [-0.4, -0.2) is 12.6 Å². The SMILES string of the molecule is Cc1ccc(C2OCCCC2N)c(C)c1. The van der Waals surface area contributed by atoms with Crippen LogP contribution in [0.2, 0.25) is 0 Å². The van der Waals surface area contributed by atoms with Gasteiger partial charge >= 0.3 is 0 Å². The maximum absolute atomic E-state index is 6.09. The molecule has 0 aliphatic carbocycles. The Hall–Kier alpha value is -0.860. The van der Waals surface area contributed by atoms with E-state index in [1.54, 1.807) is 0 Å². The summed E-state index contributed by atoms with van der Waals surface area (Å²) in [6, 6.07) is 6.63. The van der Waals surface area contributed by atoms with Crippen LogP contribution in [0.1, 0.15) is 35.6 Å². The minimum absolute atomic E-state index is 0.0966. The van der Waals surface area contributed by atoms with Gasteiger partial charge in [-0.25, -0.2) is 0 Å².